The van der Waals surface area contributed by atoms with Crippen LogP contribution in [0.3, 0.4) is 0 Å². The van der Waals surface area contributed by atoms with Gasteiger partial charge in [0.05, 0.1) is 17.0 Å². The topological polar surface area (TPSA) is 92.6 Å². The van der Waals surface area contributed by atoms with Crippen molar-refractivity contribution in [1.82, 2.24) is 14.9 Å². The summed E-state index contributed by atoms with van der Waals surface area (Å²) in [6.07, 6.45) is 3.31. The van der Waals surface area contributed by atoms with Crippen molar-refractivity contribution in [2.24, 2.45) is 5.41 Å². The second-order valence-corrected chi connectivity index (χ2v) is 7.88. The maximum absolute atomic E-state index is 12.0. The van der Waals surface area contributed by atoms with E-state index in [2.05, 4.69) is 15.1 Å². The van der Waals surface area contributed by atoms with Crippen LogP contribution in [-0.4, -0.2) is 36.2 Å². The molecule has 0 saturated heterocycles. The predicted molar refractivity (Wildman–Crippen MR) is 85.1 cm³/mol. The van der Waals surface area contributed by atoms with Crippen molar-refractivity contribution in [2.75, 3.05) is 17.0 Å². The first-order valence-corrected chi connectivity index (χ1v) is 8.55. The quantitative estimate of drug-likeness (QED) is 0.865. The zero-order valence-electron chi connectivity index (χ0n) is 12.8. The van der Waals surface area contributed by atoms with E-state index in [-0.39, 0.29) is 18.2 Å². The van der Waals surface area contributed by atoms with Gasteiger partial charge in [0.2, 0.25) is 15.9 Å². The third-order valence-electron chi connectivity index (χ3n) is 3.01. The Kier molecular flexibility index (Phi) is 4.41. The molecule has 2 aromatic rings. The molecule has 0 unspecified atom stereocenters. The molecule has 0 fully saturated rings. The lowest BCUT2D eigenvalue weighted by Crippen LogP contribution is -2.38. The molecule has 0 aliphatic rings. The Balaban J connectivity index is 1.94. The summed E-state index contributed by atoms with van der Waals surface area (Å²) < 4.78 is 28.2. The lowest BCUT2D eigenvalue weighted by molar-refractivity contribution is -0.128. The molecule has 7 nitrogen and oxygen atoms in total. The Labute approximate surface area is 129 Å². The van der Waals surface area contributed by atoms with Gasteiger partial charge in [-0.1, -0.05) is 20.8 Å². The minimum atomic E-state index is -3.52. The van der Waals surface area contributed by atoms with Gasteiger partial charge in [0.15, 0.2) is 0 Å². The summed E-state index contributed by atoms with van der Waals surface area (Å²) in [5, 5.41) is 6.66. The van der Waals surface area contributed by atoms with Gasteiger partial charge in [0, 0.05) is 24.4 Å². The maximum Gasteiger partial charge on any atom is 0.234 e. The third kappa shape index (κ3) is 4.20. The Morgan fingerprint density at radius 3 is 2.73 bits per heavy atom. The van der Waals surface area contributed by atoms with Crippen molar-refractivity contribution >= 4 is 27.1 Å². The molecular formula is C14H20N4O3S. The molecule has 0 atom stereocenters. The van der Waals surface area contributed by atoms with Crippen LogP contribution in [0, 0.1) is 5.41 Å². The highest BCUT2D eigenvalue weighted by Crippen LogP contribution is 2.14. The van der Waals surface area contributed by atoms with Gasteiger partial charge in [-0.3, -0.25) is 9.52 Å². The predicted octanol–water partition coefficient (Wildman–Crippen LogP) is 1.24. The number of carbonyl (C=O) groups excluding carboxylic acids is 1. The van der Waals surface area contributed by atoms with E-state index >= 15 is 0 Å². The molecule has 8 heteroatoms. The van der Waals surface area contributed by atoms with Crippen LogP contribution in [0.5, 0.6) is 0 Å². The number of amides is 1. The van der Waals surface area contributed by atoms with Gasteiger partial charge in [-0.05, 0) is 18.2 Å². The Bertz CT molecular complexity index is 775. The van der Waals surface area contributed by atoms with Crippen LogP contribution in [0.25, 0.3) is 5.52 Å². The van der Waals surface area contributed by atoms with Gasteiger partial charge < -0.3 is 5.32 Å². The maximum atomic E-state index is 12.0. The summed E-state index contributed by atoms with van der Waals surface area (Å²) in [6.45, 7) is 5.39. The Morgan fingerprint density at radius 2 is 2.05 bits per heavy atom. The molecule has 0 aliphatic heterocycles. The van der Waals surface area contributed by atoms with Gasteiger partial charge in [0.25, 0.3) is 0 Å². The molecule has 2 rings (SSSR count). The average Bonchev–Trinajstić information content (AvgIpc) is 2.84. The number of anilines is 1. The van der Waals surface area contributed by atoms with E-state index in [1.54, 1.807) is 55.9 Å². The zero-order valence-corrected chi connectivity index (χ0v) is 13.6. The van der Waals surface area contributed by atoms with Crippen molar-refractivity contribution in [2.45, 2.75) is 20.8 Å². The molecule has 1 amide bonds. The lowest BCUT2D eigenvalue weighted by Gasteiger charge is -2.17. The number of sulfonamides is 1. The molecule has 0 spiro atoms. The zero-order chi connectivity index (χ0) is 16.4. The van der Waals surface area contributed by atoms with E-state index in [4.69, 9.17) is 0 Å². The monoisotopic (exact) mass is 324 g/mol. The highest BCUT2D eigenvalue weighted by molar-refractivity contribution is 7.92. The lowest BCUT2D eigenvalue weighted by atomic mass is 9.96. The number of hydrogen-bond donors (Lipinski definition) is 2. The number of aromatic nitrogens is 2. The Morgan fingerprint density at radius 1 is 1.32 bits per heavy atom. The summed E-state index contributed by atoms with van der Waals surface area (Å²) in [5.74, 6) is -0.359. The number of nitrogens with zero attached hydrogens (tertiary/aromatic N) is 2. The van der Waals surface area contributed by atoms with E-state index in [0.29, 0.717) is 5.69 Å². The van der Waals surface area contributed by atoms with Crippen LogP contribution in [-0.2, 0) is 14.8 Å². The largest absolute Gasteiger partial charge is 0.355 e. The minimum absolute atomic E-state index is 0.0698. The van der Waals surface area contributed by atoms with E-state index in [0.717, 1.165) is 5.52 Å². The molecule has 2 heterocycles. The highest BCUT2D eigenvalue weighted by atomic mass is 32.2. The average molecular weight is 324 g/mol. The van der Waals surface area contributed by atoms with Gasteiger partial charge in [-0.2, -0.15) is 5.10 Å². The number of fused-ring (bicyclic) bond motifs is 1. The molecule has 0 aliphatic carbocycles. The van der Waals surface area contributed by atoms with Crippen LogP contribution < -0.4 is 10.0 Å². The fourth-order valence-electron chi connectivity index (χ4n) is 1.78. The van der Waals surface area contributed by atoms with Gasteiger partial charge >= 0.3 is 0 Å². The number of nitrogens with one attached hydrogen (secondary N) is 2. The summed E-state index contributed by atoms with van der Waals surface area (Å²) >= 11 is 0. The highest BCUT2D eigenvalue weighted by Gasteiger charge is 2.21. The minimum Gasteiger partial charge on any atom is -0.355 e. The van der Waals surface area contributed by atoms with Crippen molar-refractivity contribution in [1.29, 1.82) is 0 Å². The van der Waals surface area contributed by atoms with E-state index in [1.165, 1.54) is 0 Å². The molecule has 22 heavy (non-hydrogen) atoms. The SMILES string of the molecule is CC(C)(C)C(=O)NCCS(=O)(=O)Nc1ccn2nccc2c1. The fraction of sp³-hybridized carbons (Fsp3) is 0.429. The van der Waals surface area contributed by atoms with Gasteiger partial charge in [-0.25, -0.2) is 12.9 Å². The van der Waals surface area contributed by atoms with Crippen LogP contribution in [0.1, 0.15) is 20.8 Å². The smallest absolute Gasteiger partial charge is 0.234 e. The van der Waals surface area contributed by atoms with E-state index in [9.17, 15) is 13.2 Å². The first kappa shape index (κ1) is 16.3. The normalized spacial score (nSPS) is 12.3. The first-order valence-electron chi connectivity index (χ1n) is 6.90. The van der Waals surface area contributed by atoms with Crippen LogP contribution >= 0.6 is 0 Å². The van der Waals surface area contributed by atoms with Crippen LogP contribution in [0.4, 0.5) is 5.69 Å². The molecule has 2 N–H and O–H groups in total. The van der Waals surface area contributed by atoms with Crippen LogP contribution in [0.2, 0.25) is 0 Å². The van der Waals surface area contributed by atoms with Crippen molar-refractivity contribution < 1.29 is 13.2 Å². The summed E-state index contributed by atoms with van der Waals surface area (Å²) in [6, 6.07) is 5.10. The molecule has 0 saturated carbocycles. The molecule has 0 radical (unpaired) electrons. The second kappa shape index (κ2) is 5.96. The number of carbonyl (C=O) groups is 1. The van der Waals surface area contributed by atoms with E-state index < -0.39 is 15.4 Å². The summed E-state index contributed by atoms with van der Waals surface area (Å²) in [4.78, 5) is 11.7. The standard InChI is InChI=1S/C14H20N4O3S/c1-14(2,3)13(19)15-7-9-22(20,21)17-11-5-8-18-12(10-11)4-6-16-18/h4-6,8,10,17H,7,9H2,1-3H3,(H,15,19). The summed E-state index contributed by atoms with van der Waals surface area (Å²) in [5.41, 5.74) is 0.723. The van der Waals surface area contributed by atoms with E-state index in [1.807, 2.05) is 0 Å². The second-order valence-electron chi connectivity index (χ2n) is 6.04. The van der Waals surface area contributed by atoms with Gasteiger partial charge in [-0.15, -0.1) is 0 Å². The van der Waals surface area contributed by atoms with Crippen molar-refractivity contribution in [3.05, 3.63) is 30.6 Å². The fourth-order valence-corrected chi connectivity index (χ4v) is 2.74. The number of hydrogen-bond acceptors (Lipinski definition) is 4. The number of pyridine rings is 1. The van der Waals surface area contributed by atoms with Gasteiger partial charge in [0.1, 0.15) is 0 Å². The first-order chi connectivity index (χ1) is 10.2. The van der Waals surface area contributed by atoms with Crippen molar-refractivity contribution in [3.63, 3.8) is 0 Å². The molecule has 0 aromatic carbocycles. The third-order valence-corrected chi connectivity index (χ3v) is 4.30. The van der Waals surface area contributed by atoms with Crippen molar-refractivity contribution in [3.8, 4) is 0 Å². The van der Waals surface area contributed by atoms with Crippen LogP contribution in [0.15, 0.2) is 30.6 Å². The summed E-state index contributed by atoms with van der Waals surface area (Å²) in [7, 11) is -3.52. The molecule has 2 aromatic heterocycles. The Hall–Kier alpha value is -2.09. The molecule has 0 bridgehead atoms. The molecular weight excluding hydrogens is 304 g/mol. The number of rotatable bonds is 5. The molecule has 120 valence electrons.